The number of H-pyrrole nitrogens is 1. The summed E-state index contributed by atoms with van der Waals surface area (Å²) in [6.07, 6.45) is 0.911. The summed E-state index contributed by atoms with van der Waals surface area (Å²) in [7, 11) is 1.78. The second-order valence-corrected chi connectivity index (χ2v) is 6.42. The molecule has 2 fully saturated rings. The highest BCUT2D eigenvalue weighted by molar-refractivity contribution is 5.80. The first kappa shape index (κ1) is 15.1. The minimum atomic E-state index is -0.0668. The van der Waals surface area contributed by atoms with Crippen LogP contribution in [0.15, 0.2) is 24.3 Å². The number of aryl methyl sites for hydroxylation is 1. The van der Waals surface area contributed by atoms with Crippen LogP contribution >= 0.6 is 0 Å². The number of likely N-dealkylation sites (N-methyl/N-ethyl adjacent to an activating group) is 1. The topological polar surface area (TPSA) is 78.5 Å². The van der Waals surface area contributed by atoms with Crippen LogP contribution in [0.25, 0.3) is 11.0 Å². The van der Waals surface area contributed by atoms with Gasteiger partial charge in [-0.25, -0.2) is 4.98 Å². The van der Waals surface area contributed by atoms with Gasteiger partial charge in [-0.1, -0.05) is 12.1 Å². The quantitative estimate of drug-likeness (QED) is 0.893. The number of nitrogens with zero attached hydrogens (tertiary/aromatic N) is 3. The van der Waals surface area contributed by atoms with E-state index in [1.54, 1.807) is 16.8 Å². The van der Waals surface area contributed by atoms with Crippen LogP contribution in [0.2, 0.25) is 0 Å². The van der Waals surface area contributed by atoms with Crippen molar-refractivity contribution in [3.63, 3.8) is 0 Å². The molecule has 2 aliphatic rings. The zero-order chi connectivity index (χ0) is 16.7. The lowest BCUT2D eigenvalue weighted by atomic mass is 10.1. The third-order valence-electron chi connectivity index (χ3n) is 4.92. The lowest BCUT2D eigenvalue weighted by Crippen LogP contribution is -2.51. The fraction of sp³-hybridized carbons (Fsp3) is 0.471. The number of likely N-dealkylation sites (tertiary alicyclic amines) is 1. The number of carbonyl (C=O) groups is 2. The van der Waals surface area contributed by atoms with Gasteiger partial charge in [0.15, 0.2) is 0 Å². The number of imidazole rings is 1. The van der Waals surface area contributed by atoms with E-state index >= 15 is 0 Å². The molecule has 126 valence electrons. The number of fused-ring (bicyclic) bond motifs is 2. The van der Waals surface area contributed by atoms with E-state index in [1.807, 2.05) is 24.3 Å². The molecule has 4 rings (SSSR count). The largest absolute Gasteiger partial charge is 0.364 e. The molecule has 7 nitrogen and oxygen atoms in total. The Morgan fingerprint density at radius 3 is 3.04 bits per heavy atom. The molecule has 0 radical (unpaired) electrons. The summed E-state index contributed by atoms with van der Waals surface area (Å²) in [6, 6.07) is 7.80. The molecule has 0 spiro atoms. The number of ether oxygens (including phenoxy) is 1. The summed E-state index contributed by atoms with van der Waals surface area (Å²) in [5.41, 5.74) is 1.90. The van der Waals surface area contributed by atoms with E-state index in [4.69, 9.17) is 4.74 Å². The van der Waals surface area contributed by atoms with Crippen LogP contribution in [0.5, 0.6) is 0 Å². The molecule has 0 saturated carbocycles. The number of amides is 2. The number of morpholine rings is 1. The summed E-state index contributed by atoms with van der Waals surface area (Å²) in [4.78, 5) is 35.4. The summed E-state index contributed by atoms with van der Waals surface area (Å²) in [5.74, 6) is 0.881. The zero-order valence-corrected chi connectivity index (χ0v) is 13.6. The predicted molar refractivity (Wildman–Crippen MR) is 87.3 cm³/mol. The van der Waals surface area contributed by atoms with E-state index in [9.17, 15) is 9.59 Å². The highest BCUT2D eigenvalue weighted by atomic mass is 16.5. The summed E-state index contributed by atoms with van der Waals surface area (Å²) < 4.78 is 5.56. The Bertz CT molecular complexity index is 754. The summed E-state index contributed by atoms with van der Waals surface area (Å²) >= 11 is 0. The Labute approximate surface area is 139 Å². The summed E-state index contributed by atoms with van der Waals surface area (Å²) in [5, 5.41) is 0. The molecule has 2 aliphatic heterocycles. The lowest BCUT2D eigenvalue weighted by Gasteiger charge is -2.33. The number of rotatable bonds is 3. The fourth-order valence-electron chi connectivity index (χ4n) is 3.47. The molecule has 1 aromatic heterocycles. The Kier molecular flexibility index (Phi) is 3.72. The molecule has 2 aromatic rings. The second-order valence-electron chi connectivity index (χ2n) is 6.42. The van der Waals surface area contributed by atoms with Gasteiger partial charge in [0.05, 0.1) is 23.2 Å². The first-order valence-corrected chi connectivity index (χ1v) is 8.20. The maximum Gasteiger partial charge on any atom is 0.248 e. The first-order valence-electron chi connectivity index (χ1n) is 8.20. The molecule has 7 heteroatoms. The van der Waals surface area contributed by atoms with E-state index in [1.165, 1.54) is 0 Å². The third kappa shape index (κ3) is 2.65. The van der Waals surface area contributed by atoms with Crippen molar-refractivity contribution in [2.45, 2.75) is 25.0 Å². The molecule has 0 aliphatic carbocycles. The number of hydrogen-bond donors (Lipinski definition) is 1. The molecular formula is C17H20N4O3. The van der Waals surface area contributed by atoms with Gasteiger partial charge in [-0.05, 0) is 12.1 Å². The summed E-state index contributed by atoms with van der Waals surface area (Å²) in [6.45, 7) is 1.21. The molecule has 0 bridgehead atoms. The van der Waals surface area contributed by atoms with E-state index < -0.39 is 0 Å². The molecule has 1 aromatic carbocycles. The highest BCUT2D eigenvalue weighted by Crippen LogP contribution is 2.23. The minimum Gasteiger partial charge on any atom is -0.364 e. The normalized spacial score (nSPS) is 23.8. The number of aromatic nitrogens is 2. The van der Waals surface area contributed by atoms with Gasteiger partial charge < -0.3 is 19.5 Å². The van der Waals surface area contributed by atoms with Crippen molar-refractivity contribution < 1.29 is 14.3 Å². The van der Waals surface area contributed by atoms with Crippen LogP contribution in [-0.2, 0) is 20.7 Å². The Hall–Kier alpha value is -2.41. The Balaban J connectivity index is 1.37. The van der Waals surface area contributed by atoms with Crippen molar-refractivity contribution in [2.75, 3.05) is 26.7 Å². The van der Waals surface area contributed by atoms with Crippen LogP contribution in [0.3, 0.4) is 0 Å². The first-order chi connectivity index (χ1) is 11.6. The number of carbonyl (C=O) groups excluding carboxylic acids is 2. The Morgan fingerprint density at radius 1 is 1.38 bits per heavy atom. The van der Waals surface area contributed by atoms with E-state index in [0.717, 1.165) is 16.9 Å². The number of para-hydroxylation sites is 2. The predicted octanol–water partition coefficient (Wildman–Crippen LogP) is 0.563. The van der Waals surface area contributed by atoms with Crippen LogP contribution in [0.4, 0.5) is 0 Å². The van der Waals surface area contributed by atoms with Gasteiger partial charge in [0, 0.05) is 33.0 Å². The molecular weight excluding hydrogens is 308 g/mol. The van der Waals surface area contributed by atoms with Crippen LogP contribution in [-0.4, -0.2) is 70.5 Å². The van der Waals surface area contributed by atoms with Crippen molar-refractivity contribution in [2.24, 2.45) is 0 Å². The molecule has 2 atom stereocenters. The van der Waals surface area contributed by atoms with Gasteiger partial charge in [-0.2, -0.15) is 0 Å². The average molecular weight is 328 g/mol. The minimum absolute atomic E-state index is 0.0205. The van der Waals surface area contributed by atoms with Crippen LogP contribution < -0.4 is 0 Å². The Morgan fingerprint density at radius 2 is 2.21 bits per heavy atom. The molecule has 1 N–H and O–H groups in total. The van der Waals surface area contributed by atoms with E-state index in [2.05, 4.69) is 9.97 Å². The maximum absolute atomic E-state index is 12.5. The van der Waals surface area contributed by atoms with Crippen molar-refractivity contribution >= 4 is 22.8 Å². The fourth-order valence-corrected chi connectivity index (χ4v) is 3.47. The SMILES string of the molecule is CN1C(=O)CO[C@H]2CN(C(=O)CCc3nc4ccccc4[nH]3)C[C@@H]21. The van der Waals surface area contributed by atoms with Gasteiger partial charge in [0.1, 0.15) is 12.4 Å². The number of benzene rings is 1. The zero-order valence-electron chi connectivity index (χ0n) is 13.6. The molecule has 24 heavy (non-hydrogen) atoms. The van der Waals surface area contributed by atoms with Gasteiger partial charge in [-0.15, -0.1) is 0 Å². The van der Waals surface area contributed by atoms with E-state index in [0.29, 0.717) is 25.9 Å². The average Bonchev–Trinajstić information content (AvgIpc) is 3.20. The molecule has 0 unspecified atom stereocenters. The van der Waals surface area contributed by atoms with Crippen LogP contribution in [0, 0.1) is 0 Å². The third-order valence-corrected chi connectivity index (χ3v) is 4.92. The van der Waals surface area contributed by atoms with Crippen molar-refractivity contribution in [1.29, 1.82) is 0 Å². The molecule has 3 heterocycles. The molecule has 2 saturated heterocycles. The van der Waals surface area contributed by atoms with Gasteiger partial charge in [0.2, 0.25) is 11.8 Å². The number of aromatic amines is 1. The van der Waals surface area contributed by atoms with Crippen molar-refractivity contribution in [1.82, 2.24) is 19.8 Å². The monoisotopic (exact) mass is 328 g/mol. The highest BCUT2D eigenvalue weighted by Gasteiger charge is 2.42. The second kappa shape index (κ2) is 5.90. The standard InChI is InChI=1S/C17H20N4O3/c1-20-13-8-21(9-14(13)24-10-17(20)23)16(22)7-6-15-18-11-4-2-3-5-12(11)19-15/h2-5,13-14H,6-10H2,1H3,(H,18,19)/t13-,14-/m0/s1. The number of hydrogen-bond acceptors (Lipinski definition) is 4. The maximum atomic E-state index is 12.5. The van der Waals surface area contributed by atoms with Gasteiger partial charge in [-0.3, -0.25) is 9.59 Å². The molecule has 2 amide bonds. The van der Waals surface area contributed by atoms with Gasteiger partial charge >= 0.3 is 0 Å². The lowest BCUT2D eigenvalue weighted by molar-refractivity contribution is -0.150. The van der Waals surface area contributed by atoms with E-state index in [-0.39, 0.29) is 30.6 Å². The van der Waals surface area contributed by atoms with Crippen molar-refractivity contribution in [3.8, 4) is 0 Å². The number of nitrogens with one attached hydrogen (secondary N) is 1. The van der Waals surface area contributed by atoms with Crippen LogP contribution in [0.1, 0.15) is 12.2 Å². The van der Waals surface area contributed by atoms with Gasteiger partial charge in [0.25, 0.3) is 0 Å². The smallest absolute Gasteiger partial charge is 0.248 e. The van der Waals surface area contributed by atoms with Crippen molar-refractivity contribution in [3.05, 3.63) is 30.1 Å².